The van der Waals surface area contributed by atoms with Crippen molar-refractivity contribution in [3.8, 4) is 5.75 Å². The third-order valence-electron chi connectivity index (χ3n) is 5.07. The molecule has 164 valence electrons. The second-order valence-corrected chi connectivity index (χ2v) is 8.64. The van der Waals surface area contributed by atoms with Gasteiger partial charge < -0.3 is 14.6 Å². The second kappa shape index (κ2) is 10.7. The lowest BCUT2D eigenvalue weighted by Gasteiger charge is -2.11. The van der Waals surface area contributed by atoms with Crippen LogP contribution in [0.25, 0.3) is 11.0 Å². The number of carbonyl (C=O) groups is 1. The van der Waals surface area contributed by atoms with Gasteiger partial charge in [-0.1, -0.05) is 57.9 Å². The lowest BCUT2D eigenvalue weighted by atomic mass is 10.2. The molecule has 5 nitrogen and oxygen atoms in total. The number of para-hydroxylation sites is 3. The molecule has 1 heterocycles. The number of carbonyl (C=O) groups excluding carboxylic acids is 1. The van der Waals surface area contributed by atoms with Gasteiger partial charge in [0.2, 0.25) is 0 Å². The van der Waals surface area contributed by atoms with E-state index >= 15 is 0 Å². The summed E-state index contributed by atoms with van der Waals surface area (Å²) in [6.07, 6.45) is 1.45. The monoisotopic (exact) mass is 511 g/mol. The highest BCUT2D eigenvalue weighted by Gasteiger charge is 2.12. The maximum atomic E-state index is 12.4. The van der Waals surface area contributed by atoms with E-state index in [1.807, 2.05) is 60.7 Å². The van der Waals surface area contributed by atoms with Crippen LogP contribution < -0.4 is 10.1 Å². The van der Waals surface area contributed by atoms with E-state index in [1.54, 1.807) is 6.07 Å². The molecule has 4 rings (SSSR count). The number of hydrogen-bond acceptors (Lipinski definition) is 3. The molecule has 0 aliphatic rings. The van der Waals surface area contributed by atoms with Gasteiger partial charge in [0.05, 0.1) is 22.7 Å². The van der Waals surface area contributed by atoms with E-state index in [4.69, 9.17) is 21.3 Å². The van der Waals surface area contributed by atoms with Gasteiger partial charge in [0.1, 0.15) is 11.6 Å². The molecule has 4 aromatic rings. The van der Waals surface area contributed by atoms with E-state index in [0.29, 0.717) is 35.9 Å². The number of benzene rings is 3. The quantitative estimate of drug-likeness (QED) is 0.284. The van der Waals surface area contributed by atoms with Gasteiger partial charge in [0, 0.05) is 29.5 Å². The minimum absolute atomic E-state index is 0.0953. The number of amides is 1. The van der Waals surface area contributed by atoms with Crippen LogP contribution in [-0.2, 0) is 13.0 Å². The summed E-state index contributed by atoms with van der Waals surface area (Å²) < 4.78 is 8.92. The van der Waals surface area contributed by atoms with Gasteiger partial charge in [0.25, 0.3) is 5.91 Å². The van der Waals surface area contributed by atoms with E-state index in [2.05, 4.69) is 31.9 Å². The molecule has 3 aromatic carbocycles. The van der Waals surface area contributed by atoms with Crippen LogP contribution in [0.1, 0.15) is 22.6 Å². The summed E-state index contributed by atoms with van der Waals surface area (Å²) in [5.74, 6) is 1.54. The Morgan fingerprint density at radius 2 is 1.88 bits per heavy atom. The molecule has 0 saturated carbocycles. The molecular formula is C25H23BrClN3O2. The first kappa shape index (κ1) is 22.4. The Bertz CT molecular complexity index is 1220. The summed E-state index contributed by atoms with van der Waals surface area (Å²) in [6, 6.07) is 22.9. The number of nitrogens with zero attached hydrogens (tertiary/aromatic N) is 2. The van der Waals surface area contributed by atoms with Gasteiger partial charge in [-0.05, 0) is 48.9 Å². The summed E-state index contributed by atoms with van der Waals surface area (Å²) in [5, 5.41) is 3.60. The zero-order chi connectivity index (χ0) is 22.3. The van der Waals surface area contributed by atoms with Crippen molar-refractivity contribution < 1.29 is 9.53 Å². The molecule has 1 amide bonds. The van der Waals surface area contributed by atoms with Crippen LogP contribution in [-0.4, -0.2) is 28.6 Å². The minimum atomic E-state index is -0.0953. The molecule has 0 unspecified atom stereocenters. The maximum absolute atomic E-state index is 12.4. The van der Waals surface area contributed by atoms with Crippen molar-refractivity contribution in [1.82, 2.24) is 14.9 Å². The topological polar surface area (TPSA) is 56.2 Å². The summed E-state index contributed by atoms with van der Waals surface area (Å²) in [6.45, 7) is 1.82. The molecule has 1 aromatic heterocycles. The van der Waals surface area contributed by atoms with E-state index in [9.17, 15) is 4.79 Å². The van der Waals surface area contributed by atoms with Crippen molar-refractivity contribution in [2.45, 2.75) is 19.4 Å². The molecule has 1 N–H and O–H groups in total. The van der Waals surface area contributed by atoms with Crippen LogP contribution in [0.5, 0.6) is 5.75 Å². The Kier molecular flexibility index (Phi) is 7.45. The van der Waals surface area contributed by atoms with E-state index < -0.39 is 0 Å². The Hall–Kier alpha value is -2.83. The van der Waals surface area contributed by atoms with E-state index in [1.165, 1.54) is 0 Å². The fraction of sp³-hybridized carbons (Fsp3) is 0.200. The summed E-state index contributed by atoms with van der Waals surface area (Å²) in [7, 11) is 0. The number of halogens is 2. The van der Waals surface area contributed by atoms with Crippen LogP contribution in [0.4, 0.5) is 0 Å². The Labute approximate surface area is 200 Å². The van der Waals surface area contributed by atoms with Gasteiger partial charge in [-0.3, -0.25) is 4.79 Å². The predicted octanol–water partition coefficient (Wildman–Crippen LogP) is 5.89. The molecule has 0 saturated heterocycles. The highest BCUT2D eigenvalue weighted by Crippen LogP contribution is 2.23. The number of imidazole rings is 1. The molecule has 0 aliphatic heterocycles. The number of aromatic nitrogens is 2. The number of hydrogen-bond donors (Lipinski definition) is 1. The number of rotatable bonds is 9. The molecule has 32 heavy (non-hydrogen) atoms. The Morgan fingerprint density at radius 1 is 1.06 bits per heavy atom. The number of aryl methyl sites for hydroxylation is 1. The average molecular weight is 513 g/mol. The number of nitrogens with one attached hydrogen (secondary N) is 1. The molecular weight excluding hydrogens is 490 g/mol. The van der Waals surface area contributed by atoms with Crippen LogP contribution in [0.15, 0.2) is 77.3 Å². The molecule has 0 atom stereocenters. The van der Waals surface area contributed by atoms with Gasteiger partial charge >= 0.3 is 0 Å². The van der Waals surface area contributed by atoms with Crippen molar-refractivity contribution in [1.29, 1.82) is 0 Å². The fourth-order valence-electron chi connectivity index (χ4n) is 3.55. The zero-order valence-electron chi connectivity index (χ0n) is 17.4. The fourth-order valence-corrected chi connectivity index (χ4v) is 4.14. The lowest BCUT2D eigenvalue weighted by Crippen LogP contribution is -2.26. The van der Waals surface area contributed by atoms with Gasteiger partial charge in [-0.15, -0.1) is 0 Å². The van der Waals surface area contributed by atoms with Crippen molar-refractivity contribution in [2.75, 3.05) is 13.2 Å². The number of fused-ring (bicyclic) bond motifs is 1. The first-order chi connectivity index (χ1) is 15.6. The van der Waals surface area contributed by atoms with Crippen molar-refractivity contribution in [2.24, 2.45) is 0 Å². The van der Waals surface area contributed by atoms with Crippen LogP contribution in [0.2, 0.25) is 5.02 Å². The summed E-state index contributed by atoms with van der Waals surface area (Å²) in [4.78, 5) is 17.2. The lowest BCUT2D eigenvalue weighted by molar-refractivity contribution is 0.0954. The molecule has 7 heteroatoms. The zero-order valence-corrected chi connectivity index (χ0v) is 19.8. The van der Waals surface area contributed by atoms with Crippen molar-refractivity contribution in [3.05, 3.63) is 93.7 Å². The first-order valence-electron chi connectivity index (χ1n) is 10.5. The highest BCUT2D eigenvalue weighted by atomic mass is 79.9. The van der Waals surface area contributed by atoms with Crippen molar-refractivity contribution in [3.63, 3.8) is 0 Å². The Balaban J connectivity index is 1.38. The number of ether oxygens (including phenoxy) is 1. The van der Waals surface area contributed by atoms with Crippen LogP contribution in [0, 0.1) is 0 Å². The standard InChI is InChI=1S/C25H23BrClN3O2/c26-19-8-5-7-18(17-19)25(31)28-14-13-24-29-21-10-2-3-11-22(21)30(24)15-6-16-32-23-12-4-1-9-20(23)27/h1-5,7-12,17H,6,13-16H2,(H,28,31). The third kappa shape index (κ3) is 5.50. The van der Waals surface area contributed by atoms with Crippen molar-refractivity contribution >= 4 is 44.5 Å². The summed E-state index contributed by atoms with van der Waals surface area (Å²) >= 11 is 9.57. The average Bonchev–Trinajstić information content (AvgIpc) is 3.15. The maximum Gasteiger partial charge on any atom is 0.251 e. The van der Waals surface area contributed by atoms with Crippen LogP contribution in [0.3, 0.4) is 0 Å². The smallest absolute Gasteiger partial charge is 0.251 e. The first-order valence-corrected chi connectivity index (χ1v) is 11.6. The van der Waals surface area contributed by atoms with Crippen LogP contribution >= 0.6 is 27.5 Å². The third-order valence-corrected chi connectivity index (χ3v) is 5.88. The molecule has 0 fully saturated rings. The van der Waals surface area contributed by atoms with Gasteiger partial charge in [-0.25, -0.2) is 4.98 Å². The molecule has 0 bridgehead atoms. The van der Waals surface area contributed by atoms with Gasteiger partial charge in [-0.2, -0.15) is 0 Å². The van der Waals surface area contributed by atoms with E-state index in [0.717, 1.165) is 34.3 Å². The SMILES string of the molecule is O=C(NCCc1nc2ccccc2n1CCCOc1ccccc1Cl)c1cccc(Br)c1. The normalized spacial score (nSPS) is 10.9. The Morgan fingerprint density at radius 3 is 2.72 bits per heavy atom. The molecule has 0 radical (unpaired) electrons. The predicted molar refractivity (Wildman–Crippen MR) is 131 cm³/mol. The summed E-state index contributed by atoms with van der Waals surface area (Å²) in [5.41, 5.74) is 2.66. The molecule has 0 aliphatic carbocycles. The highest BCUT2D eigenvalue weighted by molar-refractivity contribution is 9.10. The molecule has 0 spiro atoms. The second-order valence-electron chi connectivity index (χ2n) is 7.32. The van der Waals surface area contributed by atoms with E-state index in [-0.39, 0.29) is 5.91 Å². The van der Waals surface area contributed by atoms with Gasteiger partial charge in [0.15, 0.2) is 0 Å². The largest absolute Gasteiger partial charge is 0.492 e. The minimum Gasteiger partial charge on any atom is -0.492 e.